The highest BCUT2D eigenvalue weighted by molar-refractivity contribution is 6.42. The molecule has 126 valence electrons. The number of rotatable bonds is 7. The molecule has 0 saturated carbocycles. The molecule has 1 N–H and O–H groups in total. The van der Waals surface area contributed by atoms with E-state index < -0.39 is 11.7 Å². The van der Waals surface area contributed by atoms with Crippen molar-refractivity contribution in [3.05, 3.63) is 71.3 Å². The highest BCUT2D eigenvalue weighted by Gasteiger charge is 2.19. The van der Waals surface area contributed by atoms with Crippen LogP contribution in [0.5, 0.6) is 0 Å². The highest BCUT2D eigenvalue weighted by atomic mass is 16.2. The summed E-state index contributed by atoms with van der Waals surface area (Å²) in [5.41, 5.74) is 2.68. The van der Waals surface area contributed by atoms with Gasteiger partial charge >= 0.3 is 0 Å². The number of hydrogen-bond acceptors (Lipinski definition) is 3. The maximum atomic E-state index is 12.2. The van der Waals surface area contributed by atoms with Crippen LogP contribution in [0.25, 0.3) is 0 Å². The molecule has 1 atom stereocenters. The molecule has 0 fully saturated rings. The van der Waals surface area contributed by atoms with Crippen LogP contribution in [0.15, 0.2) is 54.6 Å². The summed E-state index contributed by atoms with van der Waals surface area (Å²) in [5, 5.41) is 2.77. The number of carbonyl (C=O) groups excluding carboxylic acids is 2. The Morgan fingerprint density at radius 1 is 1.00 bits per heavy atom. The second kappa shape index (κ2) is 8.41. The number of nitrogens with one attached hydrogen (secondary N) is 1. The molecular formula is C20H24N2O2. The molecule has 1 unspecified atom stereocenters. The number of Topliss-reactive ketones (excluding diaryl/α,β-unsaturated/α-hetero) is 1. The first kappa shape index (κ1) is 17.9. The van der Waals surface area contributed by atoms with E-state index in [1.165, 1.54) is 5.56 Å². The number of benzene rings is 2. The monoisotopic (exact) mass is 324 g/mol. The molecule has 2 rings (SSSR count). The molecule has 1 amide bonds. The number of ketones is 1. The molecule has 0 aliphatic heterocycles. The van der Waals surface area contributed by atoms with Crippen molar-refractivity contribution in [2.24, 2.45) is 0 Å². The fourth-order valence-electron chi connectivity index (χ4n) is 2.45. The second-order valence-electron chi connectivity index (χ2n) is 6.21. The van der Waals surface area contributed by atoms with Crippen LogP contribution in [-0.4, -0.2) is 43.3 Å². The number of aryl methyl sites for hydroxylation is 1. The minimum atomic E-state index is -0.557. The molecular weight excluding hydrogens is 300 g/mol. The summed E-state index contributed by atoms with van der Waals surface area (Å²) in [5.74, 6) is -1.05. The molecule has 4 nitrogen and oxygen atoms in total. The summed E-state index contributed by atoms with van der Waals surface area (Å²) in [4.78, 5) is 26.4. The maximum absolute atomic E-state index is 12.2. The standard InChI is InChI=1S/C20H24N2O2/c1-15-9-11-17(12-10-15)19(23)20(24)21-14-18(22(2)3)13-16-7-5-4-6-8-16/h4-12,18H,13-14H2,1-3H3,(H,21,24). The van der Waals surface area contributed by atoms with E-state index in [0.29, 0.717) is 12.1 Å². The average Bonchev–Trinajstić information content (AvgIpc) is 2.59. The number of hydrogen-bond donors (Lipinski definition) is 1. The van der Waals surface area contributed by atoms with Crippen LogP contribution < -0.4 is 5.32 Å². The van der Waals surface area contributed by atoms with Gasteiger partial charge in [0.05, 0.1) is 0 Å². The zero-order valence-corrected chi connectivity index (χ0v) is 14.5. The van der Waals surface area contributed by atoms with E-state index >= 15 is 0 Å². The highest BCUT2D eigenvalue weighted by Crippen LogP contribution is 2.07. The van der Waals surface area contributed by atoms with Gasteiger partial charge in [-0.05, 0) is 33.0 Å². The number of nitrogens with zero attached hydrogens (tertiary/aromatic N) is 1. The van der Waals surface area contributed by atoms with E-state index in [9.17, 15) is 9.59 Å². The number of amides is 1. The zero-order chi connectivity index (χ0) is 17.5. The van der Waals surface area contributed by atoms with Gasteiger partial charge in [-0.3, -0.25) is 9.59 Å². The molecule has 4 heteroatoms. The predicted octanol–water partition coefficient (Wildman–Crippen LogP) is 2.47. The summed E-state index contributed by atoms with van der Waals surface area (Å²) >= 11 is 0. The van der Waals surface area contributed by atoms with E-state index in [1.807, 2.05) is 51.4 Å². The minimum absolute atomic E-state index is 0.127. The fraction of sp³-hybridized carbons (Fsp3) is 0.300. The SMILES string of the molecule is Cc1ccc(C(=O)C(=O)NCC(Cc2ccccc2)N(C)C)cc1. The van der Waals surface area contributed by atoms with Gasteiger partial charge in [-0.2, -0.15) is 0 Å². The smallest absolute Gasteiger partial charge is 0.292 e. The van der Waals surface area contributed by atoms with Crippen molar-refractivity contribution in [3.8, 4) is 0 Å². The van der Waals surface area contributed by atoms with Crippen molar-refractivity contribution in [2.45, 2.75) is 19.4 Å². The molecule has 0 saturated heterocycles. The summed E-state index contributed by atoms with van der Waals surface area (Å²) in [7, 11) is 3.95. The summed E-state index contributed by atoms with van der Waals surface area (Å²) in [6.45, 7) is 2.37. The summed E-state index contributed by atoms with van der Waals surface area (Å²) in [6, 6.07) is 17.3. The normalized spacial score (nSPS) is 12.0. The topological polar surface area (TPSA) is 49.4 Å². The van der Waals surface area contributed by atoms with Gasteiger partial charge in [0, 0.05) is 18.2 Å². The fourth-order valence-corrected chi connectivity index (χ4v) is 2.45. The average molecular weight is 324 g/mol. The second-order valence-corrected chi connectivity index (χ2v) is 6.21. The molecule has 0 bridgehead atoms. The van der Waals surface area contributed by atoms with Crippen LogP contribution in [0.2, 0.25) is 0 Å². The third-order valence-corrected chi connectivity index (χ3v) is 4.06. The van der Waals surface area contributed by atoms with Crippen LogP contribution >= 0.6 is 0 Å². The molecule has 0 aliphatic carbocycles. The Kier molecular flexibility index (Phi) is 6.27. The third kappa shape index (κ3) is 5.03. The Labute approximate surface area is 143 Å². The van der Waals surface area contributed by atoms with Crippen molar-refractivity contribution in [1.29, 1.82) is 0 Å². The Hall–Kier alpha value is -2.46. The van der Waals surface area contributed by atoms with Gasteiger partial charge in [-0.1, -0.05) is 60.2 Å². The van der Waals surface area contributed by atoms with E-state index in [2.05, 4.69) is 22.3 Å². The molecule has 0 aliphatic rings. The maximum Gasteiger partial charge on any atom is 0.292 e. The van der Waals surface area contributed by atoms with Gasteiger partial charge in [0.1, 0.15) is 0 Å². The zero-order valence-electron chi connectivity index (χ0n) is 14.5. The van der Waals surface area contributed by atoms with Crippen molar-refractivity contribution in [2.75, 3.05) is 20.6 Å². The van der Waals surface area contributed by atoms with Crippen molar-refractivity contribution in [1.82, 2.24) is 10.2 Å². The first-order valence-electron chi connectivity index (χ1n) is 8.07. The summed E-state index contributed by atoms with van der Waals surface area (Å²) < 4.78 is 0. The van der Waals surface area contributed by atoms with Crippen molar-refractivity contribution in [3.63, 3.8) is 0 Å². The Bertz CT molecular complexity index is 679. The quantitative estimate of drug-likeness (QED) is 0.629. The molecule has 2 aromatic carbocycles. The third-order valence-electron chi connectivity index (χ3n) is 4.06. The van der Waals surface area contributed by atoms with Gasteiger partial charge in [0.2, 0.25) is 5.78 Å². The van der Waals surface area contributed by atoms with Crippen LogP contribution in [0.4, 0.5) is 0 Å². The van der Waals surface area contributed by atoms with Crippen LogP contribution in [0, 0.1) is 6.92 Å². The molecule has 2 aromatic rings. The van der Waals surface area contributed by atoms with Crippen LogP contribution in [0.1, 0.15) is 21.5 Å². The lowest BCUT2D eigenvalue weighted by atomic mass is 10.0. The van der Waals surface area contributed by atoms with Crippen molar-refractivity contribution < 1.29 is 9.59 Å². The predicted molar refractivity (Wildman–Crippen MR) is 96.1 cm³/mol. The minimum Gasteiger partial charge on any atom is -0.348 e. The van der Waals surface area contributed by atoms with Gasteiger partial charge < -0.3 is 10.2 Å². The molecule has 24 heavy (non-hydrogen) atoms. The molecule has 0 spiro atoms. The van der Waals surface area contributed by atoms with E-state index in [4.69, 9.17) is 0 Å². The number of likely N-dealkylation sites (N-methyl/N-ethyl adjacent to an activating group) is 1. The first-order valence-corrected chi connectivity index (χ1v) is 8.07. The Balaban J connectivity index is 1.94. The Morgan fingerprint density at radius 3 is 2.21 bits per heavy atom. The summed E-state index contributed by atoms with van der Waals surface area (Å²) in [6.07, 6.45) is 0.812. The first-order chi connectivity index (χ1) is 11.5. The van der Waals surface area contributed by atoms with E-state index in [1.54, 1.807) is 12.1 Å². The lowest BCUT2D eigenvalue weighted by Crippen LogP contribution is -2.43. The largest absolute Gasteiger partial charge is 0.348 e. The number of carbonyl (C=O) groups is 2. The van der Waals surface area contributed by atoms with Gasteiger partial charge in [-0.15, -0.1) is 0 Å². The molecule has 0 aromatic heterocycles. The van der Waals surface area contributed by atoms with Gasteiger partial charge in [0.15, 0.2) is 0 Å². The van der Waals surface area contributed by atoms with E-state index in [0.717, 1.165) is 12.0 Å². The lowest BCUT2D eigenvalue weighted by Gasteiger charge is -2.24. The van der Waals surface area contributed by atoms with Crippen molar-refractivity contribution >= 4 is 11.7 Å². The van der Waals surface area contributed by atoms with Gasteiger partial charge in [-0.25, -0.2) is 0 Å². The molecule has 0 radical (unpaired) electrons. The van der Waals surface area contributed by atoms with Gasteiger partial charge in [0.25, 0.3) is 5.91 Å². The Morgan fingerprint density at radius 2 is 1.62 bits per heavy atom. The van der Waals surface area contributed by atoms with Crippen LogP contribution in [-0.2, 0) is 11.2 Å². The molecule has 0 heterocycles. The lowest BCUT2D eigenvalue weighted by molar-refractivity contribution is -0.117. The van der Waals surface area contributed by atoms with E-state index in [-0.39, 0.29) is 6.04 Å². The van der Waals surface area contributed by atoms with Crippen LogP contribution in [0.3, 0.4) is 0 Å².